The van der Waals surface area contributed by atoms with Crippen molar-refractivity contribution in [3.63, 3.8) is 0 Å². The summed E-state index contributed by atoms with van der Waals surface area (Å²) < 4.78 is 5.89. The fourth-order valence-electron chi connectivity index (χ4n) is 2.93. The highest BCUT2D eigenvalue weighted by Crippen LogP contribution is 2.34. The zero-order chi connectivity index (χ0) is 19.8. The minimum absolute atomic E-state index is 0.0745. The molecule has 1 saturated heterocycles. The number of aromatic nitrogens is 1. The van der Waals surface area contributed by atoms with Crippen LogP contribution in [0.4, 0.5) is 4.79 Å². The fraction of sp³-hybridized carbons (Fsp3) is 0.100. The molecule has 1 aromatic carbocycles. The van der Waals surface area contributed by atoms with Gasteiger partial charge in [0.05, 0.1) is 10.5 Å². The van der Waals surface area contributed by atoms with E-state index >= 15 is 0 Å². The quantitative estimate of drug-likeness (QED) is 0.506. The van der Waals surface area contributed by atoms with Crippen LogP contribution in [-0.4, -0.2) is 27.0 Å². The number of benzene rings is 1. The number of hydrogen-bond acceptors (Lipinski definition) is 7. The number of phenols is 1. The molecule has 1 fully saturated rings. The lowest BCUT2D eigenvalue weighted by atomic mass is 10.00. The van der Waals surface area contributed by atoms with Gasteiger partial charge in [-0.3, -0.25) is 24.7 Å². The summed E-state index contributed by atoms with van der Waals surface area (Å²) in [6.45, 7) is 1.73. The standard InChI is InChI=1S/C20H14N2O5S/c1-2-15(23)13-6-10(3-4-16(13)24)14-9-21-8-11-5-12(27-18(11)14)7-17-19(25)22-20(26)28-17/h3-9,24H,2H2,1H3,(H,22,25,26)/b17-7-. The van der Waals surface area contributed by atoms with Crippen LogP contribution in [0.3, 0.4) is 0 Å². The number of furan rings is 1. The average molecular weight is 394 g/mol. The molecule has 1 aliphatic rings. The number of carbonyl (C=O) groups excluding carboxylic acids is 3. The van der Waals surface area contributed by atoms with Gasteiger partial charge >= 0.3 is 0 Å². The number of aromatic hydroxyl groups is 1. The van der Waals surface area contributed by atoms with Gasteiger partial charge < -0.3 is 9.52 Å². The SMILES string of the molecule is CCC(=O)c1cc(-c2cncc3cc(/C=C4\SC(=O)NC4=O)oc23)ccc1O. The smallest absolute Gasteiger partial charge is 0.290 e. The van der Waals surface area contributed by atoms with Gasteiger partial charge in [-0.1, -0.05) is 13.0 Å². The number of ketones is 1. The molecular weight excluding hydrogens is 380 g/mol. The van der Waals surface area contributed by atoms with Crippen molar-refractivity contribution < 1.29 is 23.9 Å². The second kappa shape index (κ2) is 6.97. The number of nitrogens with one attached hydrogen (secondary N) is 1. The average Bonchev–Trinajstić information content (AvgIpc) is 3.23. The van der Waals surface area contributed by atoms with Gasteiger partial charge in [0.15, 0.2) is 5.78 Å². The molecule has 7 nitrogen and oxygen atoms in total. The molecule has 1 aliphatic heterocycles. The van der Waals surface area contributed by atoms with Gasteiger partial charge in [-0.25, -0.2) is 0 Å². The van der Waals surface area contributed by atoms with Gasteiger partial charge in [-0.15, -0.1) is 0 Å². The number of nitrogens with zero attached hydrogens (tertiary/aromatic N) is 1. The number of phenolic OH excluding ortho intramolecular Hbond substituents is 1. The van der Waals surface area contributed by atoms with Gasteiger partial charge in [-0.05, 0) is 35.5 Å². The van der Waals surface area contributed by atoms with Crippen molar-refractivity contribution in [2.75, 3.05) is 0 Å². The first-order valence-corrected chi connectivity index (χ1v) is 9.27. The molecule has 8 heteroatoms. The van der Waals surface area contributed by atoms with Gasteiger partial charge in [-0.2, -0.15) is 0 Å². The first kappa shape index (κ1) is 18.0. The summed E-state index contributed by atoms with van der Waals surface area (Å²) in [6, 6.07) is 6.47. The van der Waals surface area contributed by atoms with Crippen LogP contribution in [-0.2, 0) is 4.79 Å². The Morgan fingerprint density at radius 2 is 2.11 bits per heavy atom. The predicted octanol–water partition coefficient (Wildman–Crippen LogP) is 4.12. The molecule has 2 amide bonds. The van der Waals surface area contributed by atoms with E-state index < -0.39 is 11.1 Å². The van der Waals surface area contributed by atoms with E-state index in [1.165, 1.54) is 12.1 Å². The molecule has 0 unspecified atom stereocenters. The Morgan fingerprint density at radius 3 is 2.82 bits per heavy atom. The van der Waals surface area contributed by atoms with E-state index in [0.717, 1.165) is 11.8 Å². The first-order chi connectivity index (χ1) is 13.5. The van der Waals surface area contributed by atoms with Crippen LogP contribution < -0.4 is 5.32 Å². The third-order valence-electron chi connectivity index (χ3n) is 4.29. The summed E-state index contributed by atoms with van der Waals surface area (Å²) >= 11 is 0.809. The number of carbonyl (C=O) groups is 3. The predicted molar refractivity (Wildman–Crippen MR) is 105 cm³/mol. The molecule has 0 bridgehead atoms. The Bertz CT molecular complexity index is 1180. The molecular formula is C20H14N2O5S. The summed E-state index contributed by atoms with van der Waals surface area (Å²) in [4.78, 5) is 39.6. The topological polar surface area (TPSA) is 110 Å². The molecule has 28 heavy (non-hydrogen) atoms. The third-order valence-corrected chi connectivity index (χ3v) is 5.10. The maximum absolute atomic E-state index is 12.1. The van der Waals surface area contributed by atoms with E-state index in [-0.39, 0.29) is 28.4 Å². The fourth-order valence-corrected chi connectivity index (χ4v) is 3.59. The van der Waals surface area contributed by atoms with Crippen molar-refractivity contribution in [1.29, 1.82) is 0 Å². The lowest BCUT2D eigenvalue weighted by Gasteiger charge is -2.07. The van der Waals surface area contributed by atoms with Crippen LogP contribution >= 0.6 is 11.8 Å². The normalized spacial score (nSPS) is 15.4. The van der Waals surface area contributed by atoms with Crippen molar-refractivity contribution >= 4 is 45.7 Å². The van der Waals surface area contributed by atoms with Crippen molar-refractivity contribution in [1.82, 2.24) is 10.3 Å². The molecule has 2 N–H and O–H groups in total. The van der Waals surface area contributed by atoms with Gasteiger partial charge in [0, 0.05) is 35.8 Å². The molecule has 0 radical (unpaired) electrons. The minimum atomic E-state index is -0.463. The van der Waals surface area contributed by atoms with E-state index in [2.05, 4.69) is 10.3 Å². The Kier molecular flexibility index (Phi) is 4.48. The largest absolute Gasteiger partial charge is 0.507 e. The van der Waals surface area contributed by atoms with Crippen LogP contribution in [0.15, 0.2) is 46.0 Å². The van der Waals surface area contributed by atoms with E-state index in [9.17, 15) is 19.5 Å². The van der Waals surface area contributed by atoms with Gasteiger partial charge in [0.2, 0.25) is 0 Å². The van der Waals surface area contributed by atoms with E-state index in [4.69, 9.17) is 4.42 Å². The molecule has 2 aromatic heterocycles. The first-order valence-electron chi connectivity index (χ1n) is 8.45. The van der Waals surface area contributed by atoms with Crippen molar-refractivity contribution in [3.05, 3.63) is 52.9 Å². The maximum atomic E-state index is 12.1. The second-order valence-corrected chi connectivity index (χ2v) is 7.13. The highest BCUT2D eigenvalue weighted by atomic mass is 32.2. The molecule has 0 aliphatic carbocycles. The number of Topliss-reactive ketones (excluding diaryl/α,β-unsaturated/α-hetero) is 1. The van der Waals surface area contributed by atoms with Crippen LogP contribution in [0.2, 0.25) is 0 Å². The number of thioether (sulfide) groups is 1. The number of pyridine rings is 1. The van der Waals surface area contributed by atoms with E-state index in [0.29, 0.717) is 27.9 Å². The monoisotopic (exact) mass is 394 g/mol. The Balaban J connectivity index is 1.80. The molecule has 140 valence electrons. The Morgan fingerprint density at radius 1 is 1.29 bits per heavy atom. The summed E-state index contributed by atoms with van der Waals surface area (Å²) in [5.74, 6) is -0.303. The maximum Gasteiger partial charge on any atom is 0.290 e. The van der Waals surface area contributed by atoms with E-state index in [1.54, 1.807) is 37.5 Å². The van der Waals surface area contributed by atoms with Crippen molar-refractivity contribution in [2.24, 2.45) is 0 Å². The number of fused-ring (bicyclic) bond motifs is 1. The minimum Gasteiger partial charge on any atom is -0.507 e. The lowest BCUT2D eigenvalue weighted by molar-refractivity contribution is -0.115. The lowest BCUT2D eigenvalue weighted by Crippen LogP contribution is -2.17. The van der Waals surface area contributed by atoms with Crippen LogP contribution in [0.5, 0.6) is 5.75 Å². The zero-order valence-electron chi connectivity index (χ0n) is 14.7. The summed E-state index contributed by atoms with van der Waals surface area (Å²) in [5, 5.41) is 12.4. The number of rotatable bonds is 4. The summed E-state index contributed by atoms with van der Waals surface area (Å²) in [7, 11) is 0. The summed E-state index contributed by atoms with van der Waals surface area (Å²) in [5.41, 5.74) is 2.08. The molecule has 0 spiro atoms. The molecule has 0 saturated carbocycles. The third kappa shape index (κ3) is 3.18. The Labute approximate surface area is 163 Å². The van der Waals surface area contributed by atoms with E-state index in [1.807, 2.05) is 0 Å². The molecule has 0 atom stereocenters. The number of hydrogen-bond donors (Lipinski definition) is 2. The summed E-state index contributed by atoms with van der Waals surface area (Å²) in [6.07, 6.45) is 5.00. The second-order valence-electron chi connectivity index (χ2n) is 6.12. The highest BCUT2D eigenvalue weighted by Gasteiger charge is 2.25. The number of amides is 2. The van der Waals surface area contributed by atoms with Crippen LogP contribution in [0.1, 0.15) is 29.5 Å². The molecule has 3 heterocycles. The zero-order valence-corrected chi connectivity index (χ0v) is 15.5. The van der Waals surface area contributed by atoms with Crippen LogP contribution in [0, 0.1) is 0 Å². The van der Waals surface area contributed by atoms with Gasteiger partial charge in [0.1, 0.15) is 17.1 Å². The highest BCUT2D eigenvalue weighted by molar-refractivity contribution is 8.18. The van der Waals surface area contributed by atoms with Crippen molar-refractivity contribution in [3.8, 4) is 16.9 Å². The Hall–Kier alpha value is -3.39. The molecule has 4 rings (SSSR count). The molecule has 3 aromatic rings. The van der Waals surface area contributed by atoms with Crippen molar-refractivity contribution in [2.45, 2.75) is 13.3 Å². The number of imide groups is 1. The van der Waals surface area contributed by atoms with Crippen LogP contribution in [0.25, 0.3) is 28.2 Å². The van der Waals surface area contributed by atoms with Gasteiger partial charge in [0.25, 0.3) is 11.1 Å².